The SMILES string of the molecule is CCCC1=NC(Cc2cccc(Oc3ccccc3)c2)=C(C)C(C(=O)O)(C(CC)CC)C1Oc1ccccc1.CCCc1nc(Cc2cccc(Oc3ccccc3)c2)c(C)c(C(=O)OC(CC)CC)c1OCc1ccccc1. The number of esters is 1. The lowest BCUT2D eigenvalue weighted by atomic mass is 9.61. The van der Waals surface area contributed by atoms with Gasteiger partial charge < -0.3 is 28.8 Å². The first kappa shape index (κ1) is 58.7. The fraction of sp³-hybridized carbons (Fsp3) is 0.333. The number of ether oxygens (including phenoxy) is 5. The van der Waals surface area contributed by atoms with Gasteiger partial charge in [0.15, 0.2) is 11.9 Å². The molecule has 6 aromatic carbocycles. The minimum atomic E-state index is -1.22. The van der Waals surface area contributed by atoms with Crippen LogP contribution in [0.2, 0.25) is 0 Å². The monoisotopic (exact) mass is 1060 g/mol. The summed E-state index contributed by atoms with van der Waals surface area (Å²) in [6.07, 6.45) is 6.29. The fourth-order valence-electron chi connectivity index (χ4n) is 10.5. The van der Waals surface area contributed by atoms with E-state index < -0.39 is 17.5 Å². The van der Waals surface area contributed by atoms with Crippen molar-refractivity contribution >= 4 is 17.7 Å². The van der Waals surface area contributed by atoms with E-state index in [1.54, 1.807) is 0 Å². The zero-order valence-electron chi connectivity index (χ0n) is 47.4. The summed E-state index contributed by atoms with van der Waals surface area (Å²) in [7, 11) is 0. The number of carbonyl (C=O) groups excluding carboxylic acids is 1. The minimum absolute atomic E-state index is 0.117. The van der Waals surface area contributed by atoms with Gasteiger partial charge in [-0.15, -0.1) is 0 Å². The zero-order valence-corrected chi connectivity index (χ0v) is 47.4. The first-order valence-corrected chi connectivity index (χ1v) is 28.2. The summed E-state index contributed by atoms with van der Waals surface area (Å²) < 4.78 is 31.0. The van der Waals surface area contributed by atoms with Crippen LogP contribution in [-0.4, -0.2) is 39.9 Å². The number of pyridine rings is 1. The molecule has 2 unspecified atom stereocenters. The molecular weight excluding hydrogens is 985 g/mol. The van der Waals surface area contributed by atoms with E-state index in [2.05, 4.69) is 33.8 Å². The largest absolute Gasteiger partial charge is 0.486 e. The molecule has 0 bridgehead atoms. The van der Waals surface area contributed by atoms with Gasteiger partial charge in [-0.3, -0.25) is 14.8 Å². The average Bonchev–Trinajstić information content (AvgIpc) is 3.66. The number of carboxylic acid groups (broad SMARTS) is 1. The predicted octanol–water partition coefficient (Wildman–Crippen LogP) is 17.2. The van der Waals surface area contributed by atoms with Crippen molar-refractivity contribution in [2.75, 3.05) is 0 Å². The van der Waals surface area contributed by atoms with E-state index in [-0.39, 0.29) is 18.0 Å². The fourth-order valence-corrected chi connectivity index (χ4v) is 10.5. The minimum Gasteiger partial charge on any atom is -0.486 e. The molecule has 0 saturated carbocycles. The van der Waals surface area contributed by atoms with E-state index in [0.717, 1.165) is 112 Å². The van der Waals surface area contributed by atoms with Crippen molar-refractivity contribution in [3.8, 4) is 34.5 Å². The Bertz CT molecular complexity index is 3120. The van der Waals surface area contributed by atoms with Crippen LogP contribution < -0.4 is 18.9 Å². The van der Waals surface area contributed by atoms with Crippen LogP contribution in [0.5, 0.6) is 34.5 Å². The van der Waals surface area contributed by atoms with Gasteiger partial charge in [0, 0.05) is 24.2 Å². The number of para-hydroxylation sites is 3. The van der Waals surface area contributed by atoms with Gasteiger partial charge in [-0.25, -0.2) is 4.79 Å². The predicted molar refractivity (Wildman–Crippen MR) is 316 cm³/mol. The smallest absolute Gasteiger partial charge is 0.342 e. The van der Waals surface area contributed by atoms with E-state index in [1.807, 2.05) is 191 Å². The summed E-state index contributed by atoms with van der Waals surface area (Å²) in [6.45, 7) is 16.6. The third-order valence-corrected chi connectivity index (χ3v) is 14.7. The molecule has 0 aliphatic carbocycles. The Morgan fingerprint density at radius 1 is 0.570 bits per heavy atom. The molecule has 7 aromatic rings. The van der Waals surface area contributed by atoms with E-state index in [1.165, 1.54) is 0 Å². The second-order valence-electron chi connectivity index (χ2n) is 20.1. The Kier molecular flexibility index (Phi) is 21.6. The molecule has 0 spiro atoms. The van der Waals surface area contributed by atoms with Gasteiger partial charge in [0.25, 0.3) is 0 Å². The van der Waals surface area contributed by atoms with Gasteiger partial charge in [-0.05, 0) is 134 Å². The van der Waals surface area contributed by atoms with Crippen LogP contribution in [-0.2, 0) is 35.4 Å². The number of aliphatic imine (C=N–C) groups is 1. The van der Waals surface area contributed by atoms with Crippen molar-refractivity contribution in [3.63, 3.8) is 0 Å². The number of nitrogens with zero attached hydrogens (tertiary/aromatic N) is 2. The van der Waals surface area contributed by atoms with Crippen LogP contribution in [0, 0.1) is 18.3 Å². The van der Waals surface area contributed by atoms with Crippen LogP contribution in [0.25, 0.3) is 0 Å². The van der Waals surface area contributed by atoms with Crippen LogP contribution in [0.3, 0.4) is 0 Å². The number of carboxylic acids is 1. The van der Waals surface area contributed by atoms with Crippen molar-refractivity contribution in [2.45, 2.75) is 138 Å². The summed E-state index contributed by atoms with van der Waals surface area (Å²) in [5.74, 6) is 2.92. The number of benzene rings is 6. The maximum absolute atomic E-state index is 13.7. The van der Waals surface area contributed by atoms with Crippen molar-refractivity contribution in [1.29, 1.82) is 0 Å². The van der Waals surface area contributed by atoms with Crippen molar-refractivity contribution in [2.24, 2.45) is 16.3 Å². The summed E-state index contributed by atoms with van der Waals surface area (Å²) in [5, 5.41) is 11.0. The molecule has 79 heavy (non-hydrogen) atoms. The highest BCUT2D eigenvalue weighted by Gasteiger charge is 2.57. The van der Waals surface area contributed by atoms with Gasteiger partial charge >= 0.3 is 11.9 Å². The summed E-state index contributed by atoms with van der Waals surface area (Å²) in [4.78, 5) is 37.4. The van der Waals surface area contributed by atoms with Crippen LogP contribution in [0.15, 0.2) is 186 Å². The molecule has 2 atom stereocenters. The molecule has 1 aliphatic heterocycles. The molecule has 8 rings (SSSR count). The van der Waals surface area contributed by atoms with Crippen LogP contribution in [0.1, 0.15) is 137 Å². The van der Waals surface area contributed by atoms with Crippen LogP contribution >= 0.6 is 0 Å². The Labute approximate surface area is 468 Å². The van der Waals surface area contributed by atoms with E-state index >= 15 is 0 Å². The van der Waals surface area contributed by atoms with Gasteiger partial charge in [0.1, 0.15) is 52.4 Å². The van der Waals surface area contributed by atoms with Gasteiger partial charge in [-0.2, -0.15) is 0 Å². The summed E-state index contributed by atoms with van der Waals surface area (Å²) in [6, 6.07) is 54.8. The molecule has 10 nitrogen and oxygen atoms in total. The number of aromatic nitrogens is 1. The molecule has 0 amide bonds. The second-order valence-corrected chi connectivity index (χ2v) is 20.1. The Hall–Kier alpha value is -7.98. The van der Waals surface area contributed by atoms with Gasteiger partial charge in [-0.1, -0.05) is 176 Å². The average molecular weight is 1060 g/mol. The number of aryl methyl sites for hydroxylation is 1. The van der Waals surface area contributed by atoms with Crippen molar-refractivity contribution in [1.82, 2.24) is 4.98 Å². The number of aliphatic carboxylic acids is 1. The Morgan fingerprint density at radius 2 is 1.06 bits per heavy atom. The number of hydrogen-bond acceptors (Lipinski definition) is 9. The van der Waals surface area contributed by atoms with Crippen molar-refractivity contribution < 1.29 is 38.4 Å². The molecule has 1 N–H and O–H groups in total. The van der Waals surface area contributed by atoms with E-state index in [9.17, 15) is 14.7 Å². The number of allylic oxidation sites excluding steroid dienone is 1. The van der Waals surface area contributed by atoms with E-state index in [4.69, 9.17) is 33.7 Å². The van der Waals surface area contributed by atoms with E-state index in [0.29, 0.717) is 49.4 Å². The third-order valence-electron chi connectivity index (χ3n) is 14.7. The topological polar surface area (TPSA) is 126 Å². The number of hydrogen-bond donors (Lipinski definition) is 1. The van der Waals surface area contributed by atoms with Gasteiger partial charge in [0.05, 0.1) is 11.4 Å². The standard InChI is InChI=1S/C35H39NO4.C34H39NO4/c1-5-15-31-34(38-24-26-16-10-8-11-17-26)33(35(37)40-28(6-2)7-3)25(4)32(36-31)23-27-18-14-21-30(22-27)39-29-19-12-9-13-20-29;1-5-15-30-32(39-28-19-12-9-13-20-28)34(33(36)37,26(6-2)7-3)24(4)31(35-30)23-25-16-14-21-29(22-25)38-27-17-10-8-11-18-27/h8-14,16-22,28H,5-7,15,23-24H2,1-4H3;8-14,16-22,26,32H,5-7,15,23H2,1-4H3,(H,36,37). The lowest BCUT2D eigenvalue weighted by Gasteiger charge is -2.46. The molecule has 2 heterocycles. The molecular formula is C69H78N2O8. The maximum Gasteiger partial charge on any atom is 0.342 e. The molecule has 0 fully saturated rings. The molecule has 10 heteroatoms. The quantitative estimate of drug-likeness (QED) is 0.0557. The molecule has 0 saturated heterocycles. The first-order chi connectivity index (χ1) is 38.4. The normalized spacial score (nSPS) is 15.0. The summed E-state index contributed by atoms with van der Waals surface area (Å²) in [5.41, 5.74) is 7.13. The molecule has 1 aliphatic rings. The molecule has 0 radical (unpaired) electrons. The molecule has 1 aromatic heterocycles. The zero-order chi connectivity index (χ0) is 56.2. The number of carbonyl (C=O) groups is 2. The highest BCUT2D eigenvalue weighted by atomic mass is 16.5. The highest BCUT2D eigenvalue weighted by molar-refractivity contribution is 5.99. The Morgan fingerprint density at radius 3 is 1.57 bits per heavy atom. The summed E-state index contributed by atoms with van der Waals surface area (Å²) >= 11 is 0. The van der Waals surface area contributed by atoms with Crippen LogP contribution in [0.4, 0.5) is 0 Å². The first-order valence-electron chi connectivity index (χ1n) is 28.2. The van der Waals surface area contributed by atoms with Crippen molar-refractivity contribution in [3.05, 3.63) is 220 Å². The number of rotatable bonds is 25. The lowest BCUT2D eigenvalue weighted by Crippen LogP contribution is -2.57. The molecule has 412 valence electrons. The van der Waals surface area contributed by atoms with Gasteiger partial charge in [0.2, 0.25) is 0 Å². The lowest BCUT2D eigenvalue weighted by molar-refractivity contribution is -0.154. The maximum atomic E-state index is 13.7. The second kappa shape index (κ2) is 29.1. The third kappa shape index (κ3) is 15.0. The highest BCUT2D eigenvalue weighted by Crippen LogP contribution is 2.50. The Balaban J connectivity index is 0.000000229.